The van der Waals surface area contributed by atoms with E-state index in [1.165, 1.54) is 7.11 Å². The van der Waals surface area contributed by atoms with Crippen LogP contribution in [0, 0.1) is 0 Å². The minimum atomic E-state index is -0.450. The Kier molecular flexibility index (Phi) is 2.10. The number of hydrogen-bond donors (Lipinski definition) is 0. The van der Waals surface area contributed by atoms with E-state index in [-0.39, 0.29) is 16.6 Å². The number of allylic oxidation sites excluding steroid dienone is 3. The SMILES string of the molecule is COC1=CC(=O)C=C(Cl)C1=O. The number of hydrogen-bond acceptors (Lipinski definition) is 3. The molecule has 0 heterocycles. The summed E-state index contributed by atoms with van der Waals surface area (Å²) in [6.45, 7) is 0. The Bertz CT molecular complexity index is 275. The highest BCUT2D eigenvalue weighted by Crippen LogP contribution is 2.15. The second kappa shape index (κ2) is 2.88. The summed E-state index contributed by atoms with van der Waals surface area (Å²) in [7, 11) is 1.31. The molecule has 58 valence electrons. The molecule has 1 aliphatic rings. The van der Waals surface area contributed by atoms with Crippen LogP contribution in [0.5, 0.6) is 0 Å². The van der Waals surface area contributed by atoms with Crippen LogP contribution < -0.4 is 0 Å². The number of ether oxygens (including phenoxy) is 1. The van der Waals surface area contributed by atoms with E-state index in [0.717, 1.165) is 12.2 Å². The van der Waals surface area contributed by atoms with Gasteiger partial charge in [0.05, 0.1) is 12.1 Å². The molecule has 0 aliphatic heterocycles. The smallest absolute Gasteiger partial charge is 0.239 e. The van der Waals surface area contributed by atoms with Gasteiger partial charge in [0, 0.05) is 12.2 Å². The van der Waals surface area contributed by atoms with Crippen molar-refractivity contribution in [3.05, 3.63) is 22.9 Å². The van der Waals surface area contributed by atoms with Crippen molar-refractivity contribution in [2.45, 2.75) is 0 Å². The normalized spacial score (nSPS) is 17.6. The van der Waals surface area contributed by atoms with Gasteiger partial charge in [0.1, 0.15) is 0 Å². The lowest BCUT2D eigenvalue weighted by Gasteiger charge is -2.06. The van der Waals surface area contributed by atoms with E-state index in [4.69, 9.17) is 11.6 Å². The van der Waals surface area contributed by atoms with E-state index in [0.29, 0.717) is 0 Å². The third kappa shape index (κ3) is 1.49. The molecule has 0 bridgehead atoms. The van der Waals surface area contributed by atoms with Gasteiger partial charge in [0.15, 0.2) is 11.5 Å². The first-order chi connectivity index (χ1) is 5.15. The maximum Gasteiger partial charge on any atom is 0.239 e. The Morgan fingerprint density at radius 1 is 1.36 bits per heavy atom. The van der Waals surface area contributed by atoms with Gasteiger partial charge in [-0.3, -0.25) is 9.59 Å². The van der Waals surface area contributed by atoms with Crippen molar-refractivity contribution in [3.8, 4) is 0 Å². The van der Waals surface area contributed by atoms with Crippen molar-refractivity contribution in [1.82, 2.24) is 0 Å². The lowest BCUT2D eigenvalue weighted by Crippen LogP contribution is -2.12. The summed E-state index contributed by atoms with van der Waals surface area (Å²) in [5.41, 5.74) is 0. The summed E-state index contributed by atoms with van der Waals surface area (Å²) in [5, 5.41) is -0.102. The first kappa shape index (κ1) is 8.01. The molecule has 0 radical (unpaired) electrons. The van der Waals surface area contributed by atoms with E-state index in [9.17, 15) is 9.59 Å². The van der Waals surface area contributed by atoms with E-state index in [1.807, 2.05) is 0 Å². The second-order valence-corrected chi connectivity index (χ2v) is 2.34. The van der Waals surface area contributed by atoms with Gasteiger partial charge in [0.2, 0.25) is 5.78 Å². The minimum absolute atomic E-state index is 0.0116. The number of carbonyl (C=O) groups is 2. The van der Waals surface area contributed by atoms with Crippen LogP contribution >= 0.6 is 11.6 Å². The molecule has 1 aliphatic carbocycles. The topological polar surface area (TPSA) is 43.4 Å². The van der Waals surface area contributed by atoms with Crippen molar-refractivity contribution in [2.75, 3.05) is 7.11 Å². The average Bonchev–Trinajstić information content (AvgIpc) is 1.96. The van der Waals surface area contributed by atoms with Gasteiger partial charge in [-0.15, -0.1) is 0 Å². The van der Waals surface area contributed by atoms with Gasteiger partial charge in [-0.05, 0) is 0 Å². The van der Waals surface area contributed by atoms with Crippen LogP contribution in [0.3, 0.4) is 0 Å². The Hall–Kier alpha value is -1.09. The van der Waals surface area contributed by atoms with E-state index >= 15 is 0 Å². The fourth-order valence-electron chi connectivity index (χ4n) is 0.696. The Balaban J connectivity index is 3.00. The number of ketones is 2. The lowest BCUT2D eigenvalue weighted by molar-refractivity contribution is -0.117. The highest BCUT2D eigenvalue weighted by molar-refractivity contribution is 6.47. The Morgan fingerprint density at radius 3 is 2.55 bits per heavy atom. The van der Waals surface area contributed by atoms with Crippen LogP contribution in [0.1, 0.15) is 0 Å². The first-order valence-corrected chi connectivity index (χ1v) is 3.24. The van der Waals surface area contributed by atoms with Crippen molar-refractivity contribution in [2.24, 2.45) is 0 Å². The third-order valence-corrected chi connectivity index (χ3v) is 1.48. The zero-order valence-electron chi connectivity index (χ0n) is 5.76. The maximum atomic E-state index is 11.0. The summed E-state index contributed by atoms with van der Waals surface area (Å²) in [6, 6.07) is 0. The molecule has 1 rings (SSSR count). The van der Waals surface area contributed by atoms with Crippen molar-refractivity contribution >= 4 is 23.2 Å². The fraction of sp³-hybridized carbons (Fsp3) is 0.143. The lowest BCUT2D eigenvalue weighted by atomic mass is 10.1. The molecule has 0 atom stereocenters. The Labute approximate surface area is 68.3 Å². The molecule has 0 spiro atoms. The molecule has 0 fully saturated rings. The summed E-state index contributed by atoms with van der Waals surface area (Å²) in [4.78, 5) is 21.7. The molecule has 0 unspecified atom stereocenters. The molecule has 0 saturated carbocycles. The number of Topliss-reactive ketones (excluding diaryl/α,β-unsaturated/α-hetero) is 1. The zero-order valence-corrected chi connectivity index (χ0v) is 6.51. The molecular weight excluding hydrogens is 168 g/mol. The molecule has 11 heavy (non-hydrogen) atoms. The highest BCUT2D eigenvalue weighted by Gasteiger charge is 2.20. The van der Waals surface area contributed by atoms with Gasteiger partial charge in [-0.25, -0.2) is 0 Å². The fourth-order valence-corrected chi connectivity index (χ4v) is 0.897. The number of methoxy groups -OCH3 is 1. The van der Waals surface area contributed by atoms with E-state index < -0.39 is 5.78 Å². The zero-order chi connectivity index (χ0) is 8.43. The average molecular weight is 173 g/mol. The first-order valence-electron chi connectivity index (χ1n) is 2.86. The van der Waals surface area contributed by atoms with Crippen LogP contribution in [-0.2, 0) is 14.3 Å². The number of carbonyl (C=O) groups excluding carboxylic acids is 2. The van der Waals surface area contributed by atoms with Gasteiger partial charge >= 0.3 is 0 Å². The van der Waals surface area contributed by atoms with Crippen molar-refractivity contribution < 1.29 is 14.3 Å². The number of halogens is 1. The highest BCUT2D eigenvalue weighted by atomic mass is 35.5. The molecule has 0 aromatic carbocycles. The standard InChI is InChI=1S/C7H5ClO3/c1-11-6-3-4(9)2-5(8)7(6)10/h2-3H,1H3. The van der Waals surface area contributed by atoms with E-state index in [1.54, 1.807) is 0 Å². The monoisotopic (exact) mass is 172 g/mol. The molecule has 0 saturated heterocycles. The summed E-state index contributed by atoms with van der Waals surface area (Å²) >= 11 is 5.41. The van der Waals surface area contributed by atoms with Gasteiger partial charge in [-0.2, -0.15) is 0 Å². The van der Waals surface area contributed by atoms with Crippen LogP contribution in [0.2, 0.25) is 0 Å². The van der Waals surface area contributed by atoms with E-state index in [2.05, 4.69) is 4.74 Å². The molecule has 3 nitrogen and oxygen atoms in total. The summed E-state index contributed by atoms with van der Waals surface area (Å²) in [5.74, 6) is -0.789. The number of rotatable bonds is 1. The largest absolute Gasteiger partial charge is 0.492 e. The molecule has 0 aromatic rings. The maximum absolute atomic E-state index is 11.0. The van der Waals surface area contributed by atoms with Crippen LogP contribution in [0.15, 0.2) is 22.9 Å². The van der Waals surface area contributed by atoms with Gasteiger partial charge in [0.25, 0.3) is 0 Å². The van der Waals surface area contributed by atoms with Crippen molar-refractivity contribution in [1.29, 1.82) is 0 Å². The molecule has 0 N–H and O–H groups in total. The Morgan fingerprint density at radius 2 is 2.00 bits per heavy atom. The molecule has 0 aromatic heterocycles. The third-order valence-electron chi connectivity index (χ3n) is 1.20. The quantitative estimate of drug-likeness (QED) is 0.550. The minimum Gasteiger partial charge on any atom is -0.492 e. The predicted molar refractivity (Wildman–Crippen MR) is 39.0 cm³/mol. The van der Waals surface area contributed by atoms with Crippen LogP contribution in [0.4, 0.5) is 0 Å². The van der Waals surface area contributed by atoms with Crippen molar-refractivity contribution in [3.63, 3.8) is 0 Å². The summed E-state index contributed by atoms with van der Waals surface area (Å²) in [6.07, 6.45) is 2.17. The second-order valence-electron chi connectivity index (χ2n) is 1.94. The molecule has 0 amide bonds. The van der Waals surface area contributed by atoms with Crippen LogP contribution in [-0.4, -0.2) is 18.7 Å². The summed E-state index contributed by atoms with van der Waals surface area (Å²) < 4.78 is 4.61. The predicted octanol–water partition coefficient (Wildman–Crippen LogP) is 0.791. The molecular formula is C7H5ClO3. The molecule has 4 heteroatoms. The van der Waals surface area contributed by atoms with Crippen LogP contribution in [0.25, 0.3) is 0 Å². The van der Waals surface area contributed by atoms with Gasteiger partial charge in [-0.1, -0.05) is 11.6 Å². The van der Waals surface area contributed by atoms with Gasteiger partial charge < -0.3 is 4.74 Å².